The van der Waals surface area contributed by atoms with Crippen molar-refractivity contribution in [1.29, 1.82) is 1.34 Å². The number of hydrogen-bond acceptors (Lipinski definition) is 8. The predicted octanol–water partition coefficient (Wildman–Crippen LogP) is 6.92. The van der Waals surface area contributed by atoms with Crippen molar-refractivity contribution < 1.29 is 41.0 Å². The van der Waals surface area contributed by atoms with E-state index in [0.717, 1.165) is 21.5 Å². The second-order valence-corrected chi connectivity index (χ2v) is 9.02. The fourth-order valence-electron chi connectivity index (χ4n) is 3.49. The van der Waals surface area contributed by atoms with Gasteiger partial charge in [-0.05, 0) is 25.6 Å². The molecule has 204 valence electrons. The van der Waals surface area contributed by atoms with Crippen LogP contribution in [0.5, 0.6) is 17.4 Å². The Morgan fingerprint density at radius 1 is 0.634 bits per heavy atom. The maximum atomic E-state index is 9.44. The van der Waals surface area contributed by atoms with Gasteiger partial charge in [0.1, 0.15) is 39.6 Å². The van der Waals surface area contributed by atoms with Crippen molar-refractivity contribution in [3.8, 4) is 17.4 Å². The number of nitrogens with two attached hydrogens (primary N) is 2. The largest absolute Gasteiger partial charge is 0.507 e. The summed E-state index contributed by atoms with van der Waals surface area (Å²) in [6, 6.07) is 25.3. The third-order valence-electron chi connectivity index (χ3n) is 5.28. The van der Waals surface area contributed by atoms with Crippen molar-refractivity contribution in [3.63, 3.8) is 0 Å². The SMILES string of the molecule is Clc1cc(Cl)ncn1.Nc1ccc(O)c2ccccc12.Nc1ccc(Oc2cc(Cl)ncn2)c2ccccc12.[2H][B].[U]. The first kappa shape index (κ1) is 32.3. The standard InChI is InChI=1S/C14H10ClN3O.C10H9NO.C4H2Cl2N2.BH.U/c15-13-7-14(18-8-17-13)19-12-6-5-11(16)9-3-1-2-4-10(9)12;11-9-5-6-10(12)8-4-2-1-3-7(8)9;5-3-1-4(6)8-2-7-3;;/h1-8H,16H2;1-6,12H,11H2;1-2H;1H;/i;;;1D;. The number of aromatic hydroxyl groups is 1. The summed E-state index contributed by atoms with van der Waals surface area (Å²) in [6.07, 6.45) is 2.67. The number of anilines is 2. The van der Waals surface area contributed by atoms with Crippen molar-refractivity contribution >= 4 is 76.1 Å². The van der Waals surface area contributed by atoms with Gasteiger partial charge in [0.2, 0.25) is 5.88 Å². The number of benzene rings is 4. The fourth-order valence-corrected chi connectivity index (χ4v) is 3.97. The number of ether oxygens (including phenoxy) is 1. The quantitative estimate of drug-likeness (QED) is 0.0742. The van der Waals surface area contributed by atoms with Crippen LogP contribution in [0.4, 0.5) is 11.4 Å². The van der Waals surface area contributed by atoms with E-state index in [2.05, 4.69) is 28.3 Å². The molecule has 0 unspecified atom stereocenters. The van der Waals surface area contributed by atoms with Gasteiger partial charge in [-0.1, -0.05) is 83.3 Å². The minimum atomic E-state index is 0. The number of nitrogens with zero attached hydrogens (tertiary/aromatic N) is 4. The van der Waals surface area contributed by atoms with E-state index >= 15 is 0 Å². The zero-order valence-electron chi connectivity index (χ0n) is 22.2. The van der Waals surface area contributed by atoms with Crippen LogP contribution in [0, 0.1) is 31.1 Å². The number of rotatable bonds is 2. The summed E-state index contributed by atoms with van der Waals surface area (Å²) < 4.78 is 11.0. The van der Waals surface area contributed by atoms with Gasteiger partial charge in [-0.2, -0.15) is 0 Å². The Balaban J connectivity index is 0.000000230. The zero-order chi connectivity index (χ0) is 29.8. The monoisotopic (exact) mass is 829 g/mol. The van der Waals surface area contributed by atoms with Crippen LogP contribution in [-0.4, -0.2) is 34.8 Å². The molecule has 2 heterocycles. The molecule has 4 aromatic carbocycles. The third-order valence-corrected chi connectivity index (χ3v) is 5.90. The van der Waals surface area contributed by atoms with Gasteiger partial charge in [-0.15, -0.1) is 0 Å². The second kappa shape index (κ2) is 16.3. The molecule has 0 fully saturated rings. The van der Waals surface area contributed by atoms with Crippen LogP contribution in [0.15, 0.2) is 97.6 Å². The van der Waals surface area contributed by atoms with Crippen LogP contribution >= 0.6 is 34.8 Å². The van der Waals surface area contributed by atoms with E-state index in [-0.39, 0.29) is 36.9 Å². The molecule has 0 amide bonds. The van der Waals surface area contributed by atoms with Crippen LogP contribution in [0.25, 0.3) is 21.5 Å². The Morgan fingerprint density at radius 3 is 1.61 bits per heavy atom. The Labute approximate surface area is 278 Å². The van der Waals surface area contributed by atoms with E-state index < -0.39 is 0 Å². The maximum absolute atomic E-state index is 9.44. The maximum Gasteiger partial charge on any atom is 0.223 e. The molecule has 0 bridgehead atoms. The summed E-state index contributed by atoms with van der Waals surface area (Å²) in [6.45, 7) is 0. The van der Waals surface area contributed by atoms with Crippen LogP contribution < -0.4 is 16.2 Å². The minimum absolute atomic E-state index is 0. The van der Waals surface area contributed by atoms with E-state index in [0.29, 0.717) is 38.5 Å². The molecule has 13 heteroatoms. The number of halogens is 3. The number of phenols is 1. The van der Waals surface area contributed by atoms with Crippen molar-refractivity contribution in [3.05, 3.63) is 113 Å². The zero-order valence-corrected chi connectivity index (χ0v) is 27.7. The first-order valence-corrected chi connectivity index (χ1v) is 12.5. The summed E-state index contributed by atoms with van der Waals surface area (Å²) in [7, 11) is 3.75. The van der Waals surface area contributed by atoms with Gasteiger partial charge < -0.3 is 21.3 Å². The van der Waals surface area contributed by atoms with Gasteiger partial charge in [0.15, 0.2) is 0 Å². The molecular formula is C28H22BCl3N6O2U. The van der Waals surface area contributed by atoms with Gasteiger partial charge in [-0.25, -0.2) is 19.9 Å². The molecule has 0 saturated carbocycles. The normalized spacial score (nSPS) is 9.88. The van der Waals surface area contributed by atoms with Gasteiger partial charge in [0.25, 0.3) is 0 Å². The van der Waals surface area contributed by atoms with E-state index in [1.165, 1.54) is 18.7 Å². The Bertz CT molecular complexity index is 1700. The fraction of sp³-hybridized carbons (Fsp3) is 0. The molecule has 2 radical (unpaired) electrons. The summed E-state index contributed by atoms with van der Waals surface area (Å²) in [5.41, 5.74) is 13.1. The summed E-state index contributed by atoms with van der Waals surface area (Å²) in [5.74, 6) is 1.36. The molecule has 0 spiro atoms. The van der Waals surface area contributed by atoms with Crippen molar-refractivity contribution in [2.24, 2.45) is 0 Å². The van der Waals surface area contributed by atoms with E-state index in [1.54, 1.807) is 24.3 Å². The molecule has 6 rings (SSSR count). The second-order valence-electron chi connectivity index (χ2n) is 7.86. The average molecular weight is 831 g/mol. The van der Waals surface area contributed by atoms with E-state index in [1.807, 2.05) is 54.6 Å². The van der Waals surface area contributed by atoms with Gasteiger partial charge in [0.05, 0.1) is 0 Å². The Morgan fingerprint density at radius 2 is 1.10 bits per heavy atom. The predicted molar refractivity (Wildman–Crippen MR) is 165 cm³/mol. The van der Waals surface area contributed by atoms with Crippen molar-refractivity contribution in [1.82, 2.24) is 19.9 Å². The molecule has 5 N–H and O–H groups in total. The van der Waals surface area contributed by atoms with Crippen LogP contribution in [-0.2, 0) is 0 Å². The number of phenolic OH excluding ortho intramolecular Hbond substituents is 1. The smallest absolute Gasteiger partial charge is 0.223 e. The van der Waals surface area contributed by atoms with Crippen LogP contribution in [0.2, 0.25) is 15.5 Å². The molecule has 41 heavy (non-hydrogen) atoms. The number of hydrogen-bond donors (Lipinski definition) is 3. The molecule has 0 aliphatic heterocycles. The average Bonchev–Trinajstić information content (AvgIpc) is 2.99. The summed E-state index contributed by atoms with van der Waals surface area (Å²) in [5, 5.41) is 14.1. The molecule has 0 saturated heterocycles. The van der Waals surface area contributed by atoms with Gasteiger partial charge in [0, 0.05) is 84.5 Å². The van der Waals surface area contributed by atoms with Crippen LogP contribution in [0.3, 0.4) is 0 Å². The minimum Gasteiger partial charge on any atom is -0.507 e. The first-order valence-electron chi connectivity index (χ1n) is 11.9. The molecular weight excluding hydrogens is 808 g/mol. The summed E-state index contributed by atoms with van der Waals surface area (Å²) in [4.78, 5) is 15.0. The molecule has 0 aliphatic rings. The topological polar surface area (TPSA) is 133 Å². The Hall–Kier alpha value is -3.25. The third kappa shape index (κ3) is 9.39. The molecule has 0 atom stereocenters. The number of aromatic nitrogens is 4. The van der Waals surface area contributed by atoms with E-state index in [4.69, 9.17) is 52.3 Å². The summed E-state index contributed by atoms with van der Waals surface area (Å²) >= 11 is 16.6. The molecule has 8 nitrogen and oxygen atoms in total. The van der Waals surface area contributed by atoms with Gasteiger partial charge >= 0.3 is 0 Å². The van der Waals surface area contributed by atoms with Crippen LogP contribution in [0.1, 0.15) is 0 Å². The van der Waals surface area contributed by atoms with Crippen molar-refractivity contribution in [2.45, 2.75) is 0 Å². The first-order chi connectivity index (χ1) is 19.8. The molecule has 6 aromatic rings. The molecule has 0 aliphatic carbocycles. The van der Waals surface area contributed by atoms with E-state index in [9.17, 15) is 5.11 Å². The number of nitrogen functional groups attached to an aromatic ring is 2. The van der Waals surface area contributed by atoms with Crippen molar-refractivity contribution in [2.75, 3.05) is 11.5 Å². The van der Waals surface area contributed by atoms with Gasteiger partial charge in [-0.3, -0.25) is 0 Å². The number of fused-ring (bicyclic) bond motifs is 2. The molecule has 2 aromatic heterocycles. The Kier molecular flexibility index (Phi) is 12.8.